The molecule has 4 aliphatic carbocycles. The van der Waals surface area contributed by atoms with Gasteiger partial charge in [0.05, 0.1) is 22.3 Å². The predicted molar refractivity (Wildman–Crippen MR) is 229 cm³/mol. The lowest BCUT2D eigenvalue weighted by Gasteiger charge is -2.38. The van der Waals surface area contributed by atoms with Crippen molar-refractivity contribution in [1.29, 1.82) is 0 Å². The van der Waals surface area contributed by atoms with E-state index in [1.807, 2.05) is 0 Å². The van der Waals surface area contributed by atoms with E-state index >= 15 is 0 Å². The van der Waals surface area contributed by atoms with Gasteiger partial charge in [-0.2, -0.15) is 0 Å². The average molecular weight is 807 g/mol. The Balaban J connectivity index is 1.62. The van der Waals surface area contributed by atoms with E-state index in [0.29, 0.717) is 47.3 Å². The Morgan fingerprint density at radius 1 is 0.379 bits per heavy atom. The van der Waals surface area contributed by atoms with Crippen LogP contribution in [0.15, 0.2) is 12.1 Å². The lowest BCUT2D eigenvalue weighted by molar-refractivity contribution is -0.0223. The number of benzene rings is 1. The van der Waals surface area contributed by atoms with Crippen LogP contribution in [0.2, 0.25) is 0 Å². The van der Waals surface area contributed by atoms with Crippen molar-refractivity contribution in [2.24, 2.45) is 71.0 Å². The Kier molecular flexibility index (Phi) is 16.0. The molecule has 8 heteroatoms. The monoisotopic (exact) mass is 807 g/mol. The van der Waals surface area contributed by atoms with E-state index in [0.717, 1.165) is 77.0 Å². The van der Waals surface area contributed by atoms with Crippen molar-refractivity contribution in [3.63, 3.8) is 0 Å². The molecule has 0 radical (unpaired) electrons. The van der Waals surface area contributed by atoms with Gasteiger partial charge in [0.15, 0.2) is 0 Å². The molecule has 4 saturated carbocycles. The van der Waals surface area contributed by atoms with Crippen LogP contribution in [0.3, 0.4) is 0 Å². The Bertz CT molecular complexity index is 1350. The summed E-state index contributed by atoms with van der Waals surface area (Å²) in [4.78, 5) is 58.5. The SMILES string of the molecule is CC(C)[C@@H]1CC[C@@H](C)C[C@H]1OC(=O)c1cc(C(=O)O[C@@H]2C[C@H](C)CC[C@H]2C(C)C)c(C(=O)O[C@@H]2C[C@H](C)CC[C@H]2C(C)C)cc1C(=O)O[C@@H]1C[C@H](C)CC[C@H]1C(C)C. The van der Waals surface area contributed by atoms with Crippen molar-refractivity contribution in [2.75, 3.05) is 0 Å². The fourth-order valence-electron chi connectivity index (χ4n) is 11.1. The van der Waals surface area contributed by atoms with E-state index in [2.05, 4.69) is 83.1 Å². The molecule has 1 aromatic rings. The summed E-state index contributed by atoms with van der Waals surface area (Å²) in [6, 6.07) is 2.77. The zero-order valence-corrected chi connectivity index (χ0v) is 38.1. The van der Waals surface area contributed by atoms with Gasteiger partial charge in [0.25, 0.3) is 0 Å². The van der Waals surface area contributed by atoms with Crippen molar-refractivity contribution >= 4 is 23.9 Å². The molecule has 0 heterocycles. The first-order valence-electron chi connectivity index (χ1n) is 23.4. The number of esters is 4. The van der Waals surface area contributed by atoms with Gasteiger partial charge in [0.1, 0.15) is 24.4 Å². The van der Waals surface area contributed by atoms with Gasteiger partial charge in [-0.3, -0.25) is 0 Å². The molecular formula is C50H78O8. The normalized spacial score (nSPS) is 33.2. The standard InChI is InChI=1S/C50H78O8/c1-27(2)35-17-13-31(9)21-43(35)55-47(51)39-25-41(49(53)57-45-23-33(11)15-19-37(45)29(5)6)42(50(54)58-46-24-34(12)16-20-38(46)30(7)8)26-40(39)48(52)56-44-22-32(10)14-18-36(44)28(3)4/h25-38,43-46H,13-24H2,1-12H3/t31-,32-,33-,34-,35+,36+,37+,38+,43-,44-,45-,46-/m1/s1. The second kappa shape index (κ2) is 20.1. The molecule has 0 amide bonds. The van der Waals surface area contributed by atoms with E-state index in [-0.39, 0.29) is 70.3 Å². The van der Waals surface area contributed by atoms with Gasteiger partial charge in [0.2, 0.25) is 0 Å². The van der Waals surface area contributed by atoms with Gasteiger partial charge in [-0.1, -0.05) is 109 Å². The zero-order chi connectivity index (χ0) is 42.6. The van der Waals surface area contributed by atoms with Crippen molar-refractivity contribution in [1.82, 2.24) is 0 Å². The maximum Gasteiger partial charge on any atom is 0.339 e. The van der Waals surface area contributed by atoms with Crippen LogP contribution in [0.25, 0.3) is 0 Å². The molecule has 0 N–H and O–H groups in total. The Labute approximate surface area is 351 Å². The smallest absolute Gasteiger partial charge is 0.339 e. The van der Waals surface area contributed by atoms with Crippen LogP contribution in [0.5, 0.6) is 0 Å². The number of hydrogen-bond donors (Lipinski definition) is 0. The summed E-state index contributed by atoms with van der Waals surface area (Å²) >= 11 is 0. The molecule has 5 rings (SSSR count). The maximum atomic E-state index is 14.6. The first kappa shape index (κ1) is 46.2. The third-order valence-corrected chi connectivity index (χ3v) is 14.9. The highest BCUT2D eigenvalue weighted by Crippen LogP contribution is 2.41. The first-order valence-corrected chi connectivity index (χ1v) is 23.4. The van der Waals surface area contributed by atoms with Gasteiger partial charge < -0.3 is 18.9 Å². The number of carbonyl (C=O) groups excluding carboxylic acids is 4. The molecule has 4 fully saturated rings. The predicted octanol–water partition coefficient (Wildman–Crippen LogP) is 12.2. The fourth-order valence-corrected chi connectivity index (χ4v) is 11.1. The van der Waals surface area contributed by atoms with E-state index in [4.69, 9.17) is 18.9 Å². The highest BCUT2D eigenvalue weighted by molar-refractivity contribution is 6.10. The average Bonchev–Trinajstić information content (AvgIpc) is 3.13. The summed E-state index contributed by atoms with van der Waals surface area (Å²) in [5, 5.41) is 0. The van der Waals surface area contributed by atoms with Crippen LogP contribution in [-0.4, -0.2) is 48.3 Å². The molecule has 0 bridgehead atoms. The van der Waals surface area contributed by atoms with Gasteiger partial charge in [-0.05, 0) is 135 Å². The Morgan fingerprint density at radius 3 is 0.741 bits per heavy atom. The molecule has 0 aromatic heterocycles. The number of carbonyl (C=O) groups is 4. The highest BCUT2D eigenvalue weighted by atomic mass is 16.6. The molecule has 326 valence electrons. The quantitative estimate of drug-likeness (QED) is 0.152. The highest BCUT2D eigenvalue weighted by Gasteiger charge is 2.41. The van der Waals surface area contributed by atoms with Crippen LogP contribution < -0.4 is 0 Å². The van der Waals surface area contributed by atoms with E-state index in [1.165, 1.54) is 12.1 Å². The number of ether oxygens (including phenoxy) is 4. The van der Waals surface area contributed by atoms with Gasteiger partial charge >= 0.3 is 23.9 Å². The first-order chi connectivity index (χ1) is 27.3. The van der Waals surface area contributed by atoms with Gasteiger partial charge in [-0.25, -0.2) is 19.2 Å². The maximum absolute atomic E-state index is 14.6. The molecule has 0 aliphatic heterocycles. The molecular weight excluding hydrogens is 729 g/mol. The largest absolute Gasteiger partial charge is 0.458 e. The third-order valence-electron chi connectivity index (χ3n) is 14.9. The number of rotatable bonds is 12. The molecule has 0 spiro atoms. The summed E-state index contributed by atoms with van der Waals surface area (Å²) in [6.45, 7) is 26.0. The van der Waals surface area contributed by atoms with Crippen LogP contribution in [0, 0.1) is 71.0 Å². The van der Waals surface area contributed by atoms with Gasteiger partial charge in [0, 0.05) is 0 Å². The molecule has 12 atom stereocenters. The lowest BCUT2D eigenvalue weighted by atomic mass is 9.75. The summed E-state index contributed by atoms with van der Waals surface area (Å²) < 4.78 is 25.5. The fraction of sp³-hybridized carbons (Fsp3) is 0.800. The van der Waals surface area contributed by atoms with Crippen LogP contribution in [0.1, 0.15) is 202 Å². The van der Waals surface area contributed by atoms with Crippen LogP contribution in [-0.2, 0) is 18.9 Å². The number of hydrogen-bond acceptors (Lipinski definition) is 8. The van der Waals surface area contributed by atoms with Crippen molar-refractivity contribution < 1.29 is 38.1 Å². The van der Waals surface area contributed by atoms with Crippen LogP contribution >= 0.6 is 0 Å². The Hall–Kier alpha value is -2.90. The molecule has 4 aliphatic rings. The third kappa shape index (κ3) is 11.3. The molecule has 58 heavy (non-hydrogen) atoms. The van der Waals surface area contributed by atoms with Crippen molar-refractivity contribution in [3.8, 4) is 0 Å². The zero-order valence-electron chi connectivity index (χ0n) is 38.1. The molecule has 8 nitrogen and oxygen atoms in total. The summed E-state index contributed by atoms with van der Waals surface area (Å²) in [7, 11) is 0. The van der Waals surface area contributed by atoms with Crippen LogP contribution in [0.4, 0.5) is 0 Å². The molecule has 0 unspecified atom stereocenters. The van der Waals surface area contributed by atoms with Crippen molar-refractivity contribution in [2.45, 2.75) is 185 Å². The minimum Gasteiger partial charge on any atom is -0.458 e. The van der Waals surface area contributed by atoms with Crippen molar-refractivity contribution in [3.05, 3.63) is 34.4 Å². The molecule has 0 saturated heterocycles. The topological polar surface area (TPSA) is 105 Å². The van der Waals surface area contributed by atoms with E-state index in [9.17, 15) is 19.2 Å². The minimum absolute atomic E-state index is 0.0667. The second-order valence-electron chi connectivity index (χ2n) is 21.0. The molecule has 1 aromatic carbocycles. The van der Waals surface area contributed by atoms with E-state index < -0.39 is 23.9 Å². The second-order valence-corrected chi connectivity index (χ2v) is 21.0. The summed E-state index contributed by atoms with van der Waals surface area (Å²) in [6.07, 6.45) is 9.51. The van der Waals surface area contributed by atoms with E-state index in [1.54, 1.807) is 0 Å². The lowest BCUT2D eigenvalue weighted by Crippen LogP contribution is -2.38. The summed E-state index contributed by atoms with van der Waals surface area (Å²) in [5.41, 5.74) is -0.267. The van der Waals surface area contributed by atoms with Gasteiger partial charge in [-0.15, -0.1) is 0 Å². The minimum atomic E-state index is -0.685. The summed E-state index contributed by atoms with van der Waals surface area (Å²) in [5.74, 6) is 0.615. The Morgan fingerprint density at radius 2 is 0.569 bits per heavy atom.